The van der Waals surface area contributed by atoms with E-state index in [1.54, 1.807) is 11.0 Å². The summed E-state index contributed by atoms with van der Waals surface area (Å²) in [5.41, 5.74) is 2.84. The topological polar surface area (TPSA) is 57.0 Å². The number of benzene rings is 1. The molecular weight excluding hydrogens is 278 g/mol. The van der Waals surface area contributed by atoms with E-state index in [9.17, 15) is 4.79 Å². The van der Waals surface area contributed by atoms with Crippen LogP contribution in [0.15, 0.2) is 36.9 Å². The number of nitrogens with zero attached hydrogens (tertiary/aromatic N) is 3. The minimum Gasteiger partial charge on any atom is -0.463 e. The zero-order valence-corrected chi connectivity index (χ0v) is 12.4. The average molecular weight is 297 g/mol. The second kappa shape index (κ2) is 5.23. The molecule has 1 heterocycles. The molecule has 0 unspecified atom stereocenters. The monoisotopic (exact) mass is 297 g/mol. The number of ether oxygens (including phenoxy) is 1. The number of fused-ring (bicyclic) bond motifs is 2. The van der Waals surface area contributed by atoms with Gasteiger partial charge in [0.2, 0.25) is 0 Å². The van der Waals surface area contributed by atoms with Crippen molar-refractivity contribution >= 4 is 5.97 Å². The van der Waals surface area contributed by atoms with Gasteiger partial charge in [0, 0.05) is 5.41 Å². The van der Waals surface area contributed by atoms with Gasteiger partial charge in [-0.25, -0.2) is 9.67 Å². The number of aryl methyl sites for hydroxylation is 1. The van der Waals surface area contributed by atoms with E-state index >= 15 is 0 Å². The van der Waals surface area contributed by atoms with Gasteiger partial charge < -0.3 is 4.74 Å². The lowest BCUT2D eigenvalue weighted by atomic mass is 9.79. The highest BCUT2D eigenvalue weighted by Gasteiger charge is 2.60. The lowest BCUT2D eigenvalue weighted by molar-refractivity contribution is -0.146. The van der Waals surface area contributed by atoms with Gasteiger partial charge in [-0.15, -0.1) is 0 Å². The minimum atomic E-state index is -0.0585. The summed E-state index contributed by atoms with van der Waals surface area (Å²) < 4.78 is 7.13. The smallest absolute Gasteiger partial charge is 0.309 e. The fraction of sp³-hybridized carbons (Fsp3) is 0.471. The Balaban J connectivity index is 1.40. The predicted octanol–water partition coefficient (Wildman–Crippen LogP) is 2.12. The molecule has 22 heavy (non-hydrogen) atoms. The zero-order valence-electron chi connectivity index (χ0n) is 12.4. The molecule has 1 aromatic carbocycles. The van der Waals surface area contributed by atoms with E-state index < -0.39 is 0 Å². The van der Waals surface area contributed by atoms with Crippen molar-refractivity contribution in [1.82, 2.24) is 14.8 Å². The van der Waals surface area contributed by atoms with Gasteiger partial charge in [0.05, 0.1) is 12.5 Å². The second-order valence-corrected chi connectivity index (χ2v) is 6.25. The maximum Gasteiger partial charge on any atom is 0.309 e. The molecule has 1 saturated carbocycles. The first-order valence-corrected chi connectivity index (χ1v) is 7.87. The third kappa shape index (κ3) is 2.21. The highest BCUT2D eigenvalue weighted by atomic mass is 16.5. The Kier molecular flexibility index (Phi) is 3.21. The lowest BCUT2D eigenvalue weighted by Crippen LogP contribution is -2.23. The second-order valence-electron chi connectivity index (χ2n) is 6.25. The molecule has 1 aromatic heterocycles. The zero-order chi connectivity index (χ0) is 15.0. The van der Waals surface area contributed by atoms with Crippen molar-refractivity contribution in [3.8, 4) is 0 Å². The van der Waals surface area contributed by atoms with Crippen LogP contribution in [0.2, 0.25) is 0 Å². The van der Waals surface area contributed by atoms with Crippen LogP contribution in [0, 0.1) is 5.92 Å². The molecule has 0 aliphatic heterocycles. The molecule has 2 atom stereocenters. The molecule has 0 saturated heterocycles. The molecule has 5 nitrogen and oxygen atoms in total. The van der Waals surface area contributed by atoms with Crippen LogP contribution in [-0.4, -0.2) is 27.3 Å². The van der Waals surface area contributed by atoms with E-state index in [2.05, 4.69) is 34.3 Å². The van der Waals surface area contributed by atoms with E-state index in [0.29, 0.717) is 13.2 Å². The van der Waals surface area contributed by atoms with Gasteiger partial charge in [0.15, 0.2) is 0 Å². The normalized spacial score (nSPS) is 25.7. The maximum absolute atomic E-state index is 12.3. The number of aromatic nitrogens is 3. The van der Waals surface area contributed by atoms with Crippen molar-refractivity contribution in [2.45, 2.75) is 37.6 Å². The highest BCUT2D eigenvalue weighted by Crippen LogP contribution is 2.60. The van der Waals surface area contributed by atoms with Crippen LogP contribution in [0.25, 0.3) is 0 Å². The Morgan fingerprint density at radius 3 is 3.18 bits per heavy atom. The van der Waals surface area contributed by atoms with Gasteiger partial charge in [-0.1, -0.05) is 24.3 Å². The Morgan fingerprint density at radius 2 is 2.32 bits per heavy atom. The SMILES string of the molecule is O=C(OCCn1cncn1)[C@H]1C[C@]12CCCc1ccccc12. The molecule has 0 amide bonds. The molecule has 5 heteroatoms. The van der Waals surface area contributed by atoms with Gasteiger partial charge in [-0.05, 0) is 36.8 Å². The molecular formula is C17H19N3O2. The third-order valence-corrected chi connectivity index (χ3v) is 5.01. The van der Waals surface area contributed by atoms with Gasteiger partial charge in [0.1, 0.15) is 19.3 Å². The van der Waals surface area contributed by atoms with Crippen LogP contribution >= 0.6 is 0 Å². The Morgan fingerprint density at radius 1 is 1.41 bits per heavy atom. The quantitative estimate of drug-likeness (QED) is 0.811. The standard InChI is InChI=1S/C17H19N3O2/c21-16(22-9-8-20-12-18-11-19-20)15-10-17(15)7-3-5-13-4-1-2-6-14(13)17/h1-2,4,6,11-12,15H,3,5,7-10H2/t15-,17+/m1/s1. The van der Waals surface area contributed by atoms with E-state index in [-0.39, 0.29) is 17.3 Å². The Hall–Kier alpha value is -2.17. The summed E-state index contributed by atoms with van der Waals surface area (Å²) in [7, 11) is 0. The van der Waals surface area contributed by atoms with Crippen LogP contribution in [0.1, 0.15) is 30.4 Å². The summed E-state index contributed by atoms with van der Waals surface area (Å²) in [6, 6.07) is 8.56. The molecule has 0 radical (unpaired) electrons. The third-order valence-electron chi connectivity index (χ3n) is 5.01. The summed E-state index contributed by atoms with van der Waals surface area (Å²) >= 11 is 0. The molecule has 0 N–H and O–H groups in total. The van der Waals surface area contributed by atoms with Gasteiger partial charge >= 0.3 is 5.97 Å². The molecule has 2 aliphatic carbocycles. The molecule has 4 rings (SSSR count). The summed E-state index contributed by atoms with van der Waals surface area (Å²) in [6.45, 7) is 0.915. The summed E-state index contributed by atoms with van der Waals surface area (Å²) in [4.78, 5) is 16.2. The van der Waals surface area contributed by atoms with E-state index in [1.165, 1.54) is 23.9 Å². The van der Waals surface area contributed by atoms with Gasteiger partial charge in [0.25, 0.3) is 0 Å². The molecule has 2 aliphatic rings. The fourth-order valence-electron chi connectivity index (χ4n) is 3.83. The van der Waals surface area contributed by atoms with Crippen molar-refractivity contribution in [1.29, 1.82) is 0 Å². The van der Waals surface area contributed by atoms with Gasteiger partial charge in [-0.2, -0.15) is 5.10 Å². The van der Waals surface area contributed by atoms with Crippen molar-refractivity contribution < 1.29 is 9.53 Å². The van der Waals surface area contributed by atoms with Crippen molar-refractivity contribution in [2.75, 3.05) is 6.61 Å². The summed E-state index contributed by atoms with van der Waals surface area (Å²) in [5.74, 6) is -0.0264. The molecule has 0 bridgehead atoms. The predicted molar refractivity (Wildman–Crippen MR) is 80.1 cm³/mol. The highest BCUT2D eigenvalue weighted by molar-refractivity contribution is 5.79. The number of carbonyl (C=O) groups excluding carboxylic acids is 1. The van der Waals surface area contributed by atoms with Gasteiger partial charge in [-0.3, -0.25) is 4.79 Å². The number of hydrogen-bond donors (Lipinski definition) is 0. The van der Waals surface area contributed by atoms with Crippen molar-refractivity contribution in [3.63, 3.8) is 0 Å². The van der Waals surface area contributed by atoms with Crippen LogP contribution in [-0.2, 0) is 27.9 Å². The van der Waals surface area contributed by atoms with Crippen molar-refractivity contribution in [3.05, 3.63) is 48.0 Å². The number of esters is 1. The van der Waals surface area contributed by atoms with Crippen LogP contribution < -0.4 is 0 Å². The van der Waals surface area contributed by atoms with E-state index in [1.807, 2.05) is 0 Å². The molecule has 2 aromatic rings. The van der Waals surface area contributed by atoms with E-state index in [4.69, 9.17) is 4.74 Å². The fourth-order valence-corrected chi connectivity index (χ4v) is 3.83. The van der Waals surface area contributed by atoms with E-state index in [0.717, 1.165) is 19.3 Å². The van der Waals surface area contributed by atoms with Crippen LogP contribution in [0.5, 0.6) is 0 Å². The minimum absolute atomic E-state index is 0.0321. The molecule has 114 valence electrons. The molecule has 1 spiro atoms. The van der Waals surface area contributed by atoms with Crippen LogP contribution in [0.4, 0.5) is 0 Å². The first-order valence-electron chi connectivity index (χ1n) is 7.87. The van der Waals surface area contributed by atoms with Crippen LogP contribution in [0.3, 0.4) is 0 Å². The van der Waals surface area contributed by atoms with Crippen molar-refractivity contribution in [2.24, 2.45) is 5.92 Å². The Labute approximate surface area is 129 Å². The molecule has 1 fully saturated rings. The Bertz CT molecular complexity index is 683. The largest absolute Gasteiger partial charge is 0.463 e. The average Bonchev–Trinajstić information content (AvgIpc) is 3.02. The summed E-state index contributed by atoms with van der Waals surface area (Å²) in [5, 5.41) is 4.00. The first kappa shape index (κ1) is 13.5. The lowest BCUT2D eigenvalue weighted by Gasteiger charge is -2.26. The maximum atomic E-state index is 12.3. The number of hydrogen-bond acceptors (Lipinski definition) is 4. The number of carbonyl (C=O) groups is 1. The number of rotatable bonds is 4. The first-order chi connectivity index (χ1) is 10.8. The summed E-state index contributed by atoms with van der Waals surface area (Å²) in [6.07, 6.45) is 7.45.